The number of hydrogen-bond donors (Lipinski definition) is 1. The van der Waals surface area contributed by atoms with Crippen LogP contribution < -0.4 is 15.5 Å². The Morgan fingerprint density at radius 3 is 2.48 bits per heavy atom. The highest BCUT2D eigenvalue weighted by Crippen LogP contribution is 2.31. The zero-order chi connectivity index (χ0) is 20.4. The van der Waals surface area contributed by atoms with Crippen LogP contribution in [0.3, 0.4) is 0 Å². The maximum absolute atomic E-state index is 12.6. The molecule has 0 aliphatic rings. The number of carbonyl (C=O) groups is 1. The molecule has 4 aromatic rings. The molecule has 0 saturated carbocycles. The highest BCUT2D eigenvalue weighted by atomic mass is 16.5. The van der Waals surface area contributed by atoms with Crippen molar-refractivity contribution in [2.45, 2.75) is 6.92 Å². The number of ether oxygens (including phenoxy) is 1. The first-order valence-electron chi connectivity index (χ1n) is 9.14. The Balaban J connectivity index is 1.72. The van der Waals surface area contributed by atoms with Crippen LogP contribution in [-0.4, -0.2) is 13.0 Å². The molecule has 1 aromatic heterocycles. The van der Waals surface area contributed by atoms with Gasteiger partial charge in [-0.25, -0.2) is 0 Å². The van der Waals surface area contributed by atoms with Crippen LogP contribution in [0, 0.1) is 6.92 Å². The predicted molar refractivity (Wildman–Crippen MR) is 114 cm³/mol. The molecule has 1 heterocycles. The second-order valence-corrected chi connectivity index (χ2v) is 6.71. The van der Waals surface area contributed by atoms with E-state index in [1.54, 1.807) is 43.5 Å². The number of para-hydroxylation sites is 1. The van der Waals surface area contributed by atoms with Crippen LogP contribution in [0.1, 0.15) is 15.9 Å². The van der Waals surface area contributed by atoms with Crippen molar-refractivity contribution in [3.63, 3.8) is 0 Å². The number of hydrogen-bond acceptors (Lipinski definition) is 4. The number of rotatable bonds is 4. The topological polar surface area (TPSA) is 68.5 Å². The van der Waals surface area contributed by atoms with Crippen LogP contribution in [0.15, 0.2) is 82.0 Å². The standard InChI is InChI=1S/C24H19NO4/c1-15-7-9-16(10-8-15)24(27)25-17-11-12-18-20(26)14-23(29-22(18)13-17)19-5-3-4-6-21(19)28-2/h3-14H,1-2H3,(H,25,27). The summed E-state index contributed by atoms with van der Waals surface area (Å²) in [5.74, 6) is 0.786. The van der Waals surface area contributed by atoms with Crippen molar-refractivity contribution in [3.05, 3.63) is 94.1 Å². The van der Waals surface area contributed by atoms with Crippen LogP contribution >= 0.6 is 0 Å². The van der Waals surface area contributed by atoms with Gasteiger partial charge >= 0.3 is 0 Å². The number of carbonyl (C=O) groups excluding carboxylic acids is 1. The minimum Gasteiger partial charge on any atom is -0.496 e. The number of aryl methyl sites for hydroxylation is 1. The Kier molecular flexibility index (Phi) is 4.87. The van der Waals surface area contributed by atoms with Gasteiger partial charge in [-0.3, -0.25) is 9.59 Å². The zero-order valence-electron chi connectivity index (χ0n) is 16.1. The van der Waals surface area contributed by atoms with Crippen molar-refractivity contribution >= 4 is 22.6 Å². The van der Waals surface area contributed by atoms with Crippen LogP contribution in [0.5, 0.6) is 5.75 Å². The first kappa shape index (κ1) is 18.5. The van der Waals surface area contributed by atoms with Crippen molar-refractivity contribution in [2.75, 3.05) is 12.4 Å². The lowest BCUT2D eigenvalue weighted by molar-refractivity contribution is 0.102. The smallest absolute Gasteiger partial charge is 0.255 e. The van der Waals surface area contributed by atoms with Crippen molar-refractivity contribution in [3.8, 4) is 17.1 Å². The van der Waals surface area contributed by atoms with Crippen LogP contribution in [0.4, 0.5) is 5.69 Å². The van der Waals surface area contributed by atoms with Gasteiger partial charge in [-0.05, 0) is 43.3 Å². The van der Waals surface area contributed by atoms with E-state index in [0.29, 0.717) is 39.3 Å². The molecule has 0 fully saturated rings. The molecule has 0 unspecified atom stereocenters. The van der Waals surface area contributed by atoms with Gasteiger partial charge in [0.25, 0.3) is 5.91 Å². The van der Waals surface area contributed by atoms with E-state index in [9.17, 15) is 9.59 Å². The van der Waals surface area contributed by atoms with Crippen LogP contribution in [0.25, 0.3) is 22.3 Å². The molecule has 4 rings (SSSR count). The van der Waals surface area contributed by atoms with E-state index in [2.05, 4.69) is 5.32 Å². The average molecular weight is 385 g/mol. The zero-order valence-corrected chi connectivity index (χ0v) is 16.1. The number of fused-ring (bicyclic) bond motifs is 1. The van der Waals surface area contributed by atoms with E-state index < -0.39 is 0 Å². The van der Waals surface area contributed by atoms with Gasteiger partial charge in [0, 0.05) is 23.4 Å². The van der Waals surface area contributed by atoms with Crippen molar-refractivity contribution in [1.82, 2.24) is 0 Å². The van der Waals surface area contributed by atoms with E-state index in [0.717, 1.165) is 5.56 Å². The van der Waals surface area contributed by atoms with E-state index in [-0.39, 0.29) is 11.3 Å². The SMILES string of the molecule is COc1ccccc1-c1cc(=O)c2ccc(NC(=O)c3ccc(C)cc3)cc2o1. The number of nitrogens with one attached hydrogen (secondary N) is 1. The molecule has 5 heteroatoms. The molecular formula is C24H19NO4. The fraction of sp³-hybridized carbons (Fsp3) is 0.0833. The average Bonchev–Trinajstić information content (AvgIpc) is 2.73. The Bertz CT molecular complexity index is 1260. The molecule has 0 aliphatic heterocycles. The lowest BCUT2D eigenvalue weighted by atomic mass is 10.1. The van der Waals surface area contributed by atoms with Gasteiger partial charge in [-0.15, -0.1) is 0 Å². The summed E-state index contributed by atoms with van der Waals surface area (Å²) in [5, 5.41) is 3.29. The lowest BCUT2D eigenvalue weighted by Gasteiger charge is -2.09. The molecule has 3 aromatic carbocycles. The van der Waals surface area contributed by atoms with E-state index in [1.807, 2.05) is 37.3 Å². The number of anilines is 1. The van der Waals surface area contributed by atoms with Crippen LogP contribution in [0.2, 0.25) is 0 Å². The number of amides is 1. The largest absolute Gasteiger partial charge is 0.496 e. The van der Waals surface area contributed by atoms with Gasteiger partial charge in [-0.1, -0.05) is 29.8 Å². The third-order valence-electron chi connectivity index (χ3n) is 4.67. The quantitative estimate of drug-likeness (QED) is 0.535. The summed E-state index contributed by atoms with van der Waals surface area (Å²) in [6, 6.07) is 21.1. The Morgan fingerprint density at radius 2 is 1.72 bits per heavy atom. The highest BCUT2D eigenvalue weighted by Gasteiger charge is 2.12. The van der Waals surface area contributed by atoms with Crippen molar-refractivity contribution in [1.29, 1.82) is 0 Å². The van der Waals surface area contributed by atoms with Crippen LogP contribution in [-0.2, 0) is 0 Å². The molecule has 0 radical (unpaired) electrons. The second kappa shape index (κ2) is 7.64. The molecule has 0 spiro atoms. The molecule has 29 heavy (non-hydrogen) atoms. The van der Waals surface area contributed by atoms with Gasteiger partial charge in [0.15, 0.2) is 5.43 Å². The molecule has 1 N–H and O–H groups in total. The normalized spacial score (nSPS) is 10.7. The second-order valence-electron chi connectivity index (χ2n) is 6.71. The fourth-order valence-corrected chi connectivity index (χ4v) is 3.12. The maximum atomic E-state index is 12.6. The third kappa shape index (κ3) is 3.75. The Labute approximate surface area is 167 Å². The highest BCUT2D eigenvalue weighted by molar-refractivity contribution is 6.05. The summed E-state index contributed by atoms with van der Waals surface area (Å²) in [6.45, 7) is 1.96. The van der Waals surface area contributed by atoms with E-state index in [4.69, 9.17) is 9.15 Å². The summed E-state index contributed by atoms with van der Waals surface area (Å²) in [7, 11) is 1.57. The molecule has 0 atom stereocenters. The number of methoxy groups -OCH3 is 1. The first-order chi connectivity index (χ1) is 14.0. The monoisotopic (exact) mass is 385 g/mol. The number of benzene rings is 3. The minimum absolute atomic E-state index is 0.163. The van der Waals surface area contributed by atoms with Gasteiger partial charge in [0.05, 0.1) is 18.1 Å². The molecule has 144 valence electrons. The molecule has 0 aliphatic carbocycles. The predicted octanol–water partition coefficient (Wildman–Crippen LogP) is 5.03. The van der Waals surface area contributed by atoms with Gasteiger partial charge in [0.1, 0.15) is 17.1 Å². The summed E-state index contributed by atoms with van der Waals surface area (Å²) in [6.07, 6.45) is 0. The molecule has 5 nitrogen and oxygen atoms in total. The lowest BCUT2D eigenvalue weighted by Crippen LogP contribution is -2.12. The Morgan fingerprint density at radius 1 is 0.966 bits per heavy atom. The maximum Gasteiger partial charge on any atom is 0.255 e. The molecule has 0 saturated heterocycles. The molecule has 0 bridgehead atoms. The van der Waals surface area contributed by atoms with E-state index >= 15 is 0 Å². The molecular weight excluding hydrogens is 366 g/mol. The summed E-state index contributed by atoms with van der Waals surface area (Å²) in [4.78, 5) is 25.1. The first-order valence-corrected chi connectivity index (χ1v) is 9.14. The Hall–Kier alpha value is -3.86. The van der Waals surface area contributed by atoms with Gasteiger partial charge in [-0.2, -0.15) is 0 Å². The van der Waals surface area contributed by atoms with E-state index in [1.165, 1.54) is 6.07 Å². The summed E-state index contributed by atoms with van der Waals surface area (Å²) in [5.41, 5.74) is 3.09. The fourth-order valence-electron chi connectivity index (χ4n) is 3.12. The van der Waals surface area contributed by atoms with Gasteiger partial charge in [0.2, 0.25) is 0 Å². The van der Waals surface area contributed by atoms with Crippen molar-refractivity contribution < 1.29 is 13.9 Å². The minimum atomic E-state index is -0.229. The third-order valence-corrected chi connectivity index (χ3v) is 4.67. The summed E-state index contributed by atoms with van der Waals surface area (Å²) < 4.78 is 11.3. The van der Waals surface area contributed by atoms with Crippen molar-refractivity contribution in [2.24, 2.45) is 0 Å². The van der Waals surface area contributed by atoms with Gasteiger partial charge < -0.3 is 14.5 Å². The molecule has 1 amide bonds. The summed E-state index contributed by atoms with van der Waals surface area (Å²) >= 11 is 0.